The number of amides is 1. The van der Waals surface area contributed by atoms with Gasteiger partial charge in [0, 0.05) is 12.1 Å². The van der Waals surface area contributed by atoms with Gasteiger partial charge in [0.1, 0.15) is 5.75 Å². The molecule has 1 N–H and O–H groups in total. The third-order valence-corrected chi connectivity index (χ3v) is 4.64. The van der Waals surface area contributed by atoms with Crippen molar-refractivity contribution in [1.29, 1.82) is 0 Å². The lowest BCUT2D eigenvalue weighted by Gasteiger charge is -2.21. The summed E-state index contributed by atoms with van der Waals surface area (Å²) in [4.78, 5) is 35.3. The number of rotatable bonds is 9. The average molecular weight is 400 g/mol. The van der Waals surface area contributed by atoms with Crippen molar-refractivity contribution < 1.29 is 24.0 Å². The van der Waals surface area contributed by atoms with Gasteiger partial charge in [-0.3, -0.25) is 19.7 Å². The highest BCUT2D eigenvalue weighted by Crippen LogP contribution is 2.30. The number of nitro benzene ring substituents is 1. The van der Waals surface area contributed by atoms with Crippen molar-refractivity contribution in [1.82, 2.24) is 0 Å². The minimum absolute atomic E-state index is 0.0322. The molecule has 2 aromatic carbocycles. The van der Waals surface area contributed by atoms with Crippen LogP contribution in [0.4, 0.5) is 11.4 Å². The minimum atomic E-state index is -0.617. The van der Waals surface area contributed by atoms with Crippen LogP contribution in [0.2, 0.25) is 0 Å². The van der Waals surface area contributed by atoms with Crippen molar-refractivity contribution in [3.63, 3.8) is 0 Å². The molecular formula is C21H24N2O6. The molecule has 0 aliphatic rings. The lowest BCUT2D eigenvalue weighted by atomic mass is 9.86. The highest BCUT2D eigenvalue weighted by Gasteiger charge is 2.28. The molecule has 0 radical (unpaired) electrons. The number of hydrogen-bond acceptors (Lipinski definition) is 6. The molecule has 0 saturated heterocycles. The van der Waals surface area contributed by atoms with Gasteiger partial charge in [0.2, 0.25) is 0 Å². The Morgan fingerprint density at radius 1 is 1.17 bits per heavy atom. The van der Waals surface area contributed by atoms with Crippen LogP contribution in [0.3, 0.4) is 0 Å². The maximum atomic E-state index is 12.7. The van der Waals surface area contributed by atoms with Gasteiger partial charge in [-0.15, -0.1) is 0 Å². The third kappa shape index (κ3) is 5.78. The molecule has 0 bridgehead atoms. The molecule has 2 rings (SSSR count). The Kier molecular flexibility index (Phi) is 7.70. The first kappa shape index (κ1) is 21.9. The first-order valence-electron chi connectivity index (χ1n) is 9.21. The summed E-state index contributed by atoms with van der Waals surface area (Å²) in [6.45, 7) is 3.42. The van der Waals surface area contributed by atoms with Crippen LogP contribution in [0.15, 0.2) is 48.5 Å². The molecule has 0 heterocycles. The van der Waals surface area contributed by atoms with Crippen LogP contribution in [0.1, 0.15) is 31.7 Å². The quantitative estimate of drug-likeness (QED) is 0.388. The molecule has 0 aromatic heterocycles. The molecular weight excluding hydrogens is 376 g/mol. The summed E-state index contributed by atoms with van der Waals surface area (Å²) < 4.78 is 10.3. The molecule has 0 unspecified atom stereocenters. The Morgan fingerprint density at radius 2 is 1.86 bits per heavy atom. The largest absolute Gasteiger partial charge is 0.495 e. The fourth-order valence-electron chi connectivity index (χ4n) is 2.91. The van der Waals surface area contributed by atoms with E-state index in [0.717, 1.165) is 12.0 Å². The van der Waals surface area contributed by atoms with Crippen LogP contribution < -0.4 is 10.1 Å². The van der Waals surface area contributed by atoms with E-state index < -0.39 is 29.3 Å². The molecule has 1 amide bonds. The Labute approximate surface area is 169 Å². The Morgan fingerprint density at radius 3 is 2.45 bits per heavy atom. The number of esters is 1. The van der Waals surface area contributed by atoms with Crippen molar-refractivity contribution in [2.75, 3.05) is 19.0 Å². The highest BCUT2D eigenvalue weighted by molar-refractivity contribution is 5.95. The van der Waals surface area contributed by atoms with Gasteiger partial charge in [-0.25, -0.2) is 0 Å². The van der Waals surface area contributed by atoms with Gasteiger partial charge in [0.05, 0.1) is 23.6 Å². The normalized spacial score (nSPS) is 12.5. The van der Waals surface area contributed by atoms with Gasteiger partial charge in [0.15, 0.2) is 6.61 Å². The van der Waals surface area contributed by atoms with Gasteiger partial charge >= 0.3 is 5.97 Å². The smallest absolute Gasteiger partial charge is 0.314 e. The number of ether oxygens (including phenoxy) is 2. The topological polar surface area (TPSA) is 108 Å². The van der Waals surface area contributed by atoms with Crippen LogP contribution in [-0.2, 0) is 14.3 Å². The summed E-state index contributed by atoms with van der Waals surface area (Å²) in [6.07, 6.45) is 0.770. The summed E-state index contributed by atoms with van der Waals surface area (Å²) in [7, 11) is 1.38. The fourth-order valence-corrected chi connectivity index (χ4v) is 2.91. The number of benzene rings is 2. The molecule has 8 heteroatoms. The second-order valence-corrected chi connectivity index (χ2v) is 6.57. The van der Waals surface area contributed by atoms with Crippen LogP contribution in [0, 0.1) is 16.0 Å². The summed E-state index contributed by atoms with van der Waals surface area (Å²) in [5, 5.41) is 13.4. The molecule has 0 spiro atoms. The zero-order chi connectivity index (χ0) is 21.4. The molecule has 2 aromatic rings. The van der Waals surface area contributed by atoms with E-state index in [-0.39, 0.29) is 23.0 Å². The number of carbonyl (C=O) groups excluding carboxylic acids is 2. The lowest BCUT2D eigenvalue weighted by Crippen LogP contribution is -2.27. The number of carbonyl (C=O) groups is 2. The summed E-state index contributed by atoms with van der Waals surface area (Å²) >= 11 is 0. The first-order valence-corrected chi connectivity index (χ1v) is 9.21. The van der Waals surface area contributed by atoms with E-state index in [9.17, 15) is 19.7 Å². The fraction of sp³-hybridized carbons (Fsp3) is 0.333. The predicted molar refractivity (Wildman–Crippen MR) is 108 cm³/mol. The van der Waals surface area contributed by atoms with E-state index in [2.05, 4.69) is 5.32 Å². The summed E-state index contributed by atoms with van der Waals surface area (Å²) in [5.74, 6) is -1.30. The lowest BCUT2D eigenvalue weighted by molar-refractivity contribution is -0.384. The maximum Gasteiger partial charge on any atom is 0.314 e. The predicted octanol–water partition coefficient (Wildman–Crippen LogP) is 3.92. The Hall–Kier alpha value is -3.42. The summed E-state index contributed by atoms with van der Waals surface area (Å²) in [5.41, 5.74) is 0.760. The van der Waals surface area contributed by atoms with Crippen molar-refractivity contribution in [2.45, 2.75) is 26.2 Å². The van der Waals surface area contributed by atoms with E-state index in [1.807, 2.05) is 44.2 Å². The van der Waals surface area contributed by atoms with E-state index in [1.54, 1.807) is 0 Å². The molecule has 0 aliphatic heterocycles. The first-order chi connectivity index (χ1) is 13.9. The van der Waals surface area contributed by atoms with Crippen LogP contribution >= 0.6 is 0 Å². The maximum absolute atomic E-state index is 12.7. The second-order valence-electron chi connectivity index (χ2n) is 6.57. The average Bonchev–Trinajstić information content (AvgIpc) is 2.72. The molecule has 0 aliphatic carbocycles. The number of hydrogen-bond donors (Lipinski definition) is 1. The molecule has 29 heavy (non-hydrogen) atoms. The molecule has 2 atom stereocenters. The van der Waals surface area contributed by atoms with Gasteiger partial charge < -0.3 is 14.8 Å². The Balaban J connectivity index is 2.07. The number of non-ortho nitro benzene ring substituents is 1. The van der Waals surface area contributed by atoms with Crippen molar-refractivity contribution in [3.05, 3.63) is 64.2 Å². The summed E-state index contributed by atoms with van der Waals surface area (Å²) in [6, 6.07) is 13.1. The van der Waals surface area contributed by atoms with E-state index >= 15 is 0 Å². The van der Waals surface area contributed by atoms with E-state index in [1.165, 1.54) is 25.3 Å². The molecule has 154 valence electrons. The third-order valence-electron chi connectivity index (χ3n) is 4.64. The Bertz CT molecular complexity index is 869. The van der Waals surface area contributed by atoms with Gasteiger partial charge in [0.25, 0.3) is 11.6 Å². The van der Waals surface area contributed by atoms with Gasteiger partial charge in [-0.05, 0) is 17.5 Å². The number of nitro groups is 1. The number of nitrogens with one attached hydrogen (secondary N) is 1. The monoisotopic (exact) mass is 400 g/mol. The van der Waals surface area contributed by atoms with Gasteiger partial charge in [-0.1, -0.05) is 50.6 Å². The zero-order valence-electron chi connectivity index (χ0n) is 16.6. The van der Waals surface area contributed by atoms with E-state index in [0.29, 0.717) is 0 Å². The number of methoxy groups -OCH3 is 1. The number of nitrogens with zero attached hydrogens (tertiary/aromatic N) is 1. The van der Waals surface area contributed by atoms with Crippen LogP contribution in [-0.4, -0.2) is 30.5 Å². The van der Waals surface area contributed by atoms with Crippen molar-refractivity contribution in [2.24, 2.45) is 5.92 Å². The van der Waals surface area contributed by atoms with Crippen LogP contribution in [0.25, 0.3) is 0 Å². The molecule has 0 saturated carbocycles. The van der Waals surface area contributed by atoms with E-state index in [4.69, 9.17) is 9.47 Å². The van der Waals surface area contributed by atoms with Crippen molar-refractivity contribution >= 4 is 23.3 Å². The second kappa shape index (κ2) is 10.2. The van der Waals surface area contributed by atoms with Crippen molar-refractivity contribution in [3.8, 4) is 5.75 Å². The minimum Gasteiger partial charge on any atom is -0.495 e. The SMILES string of the molecule is CC[C@@H](C)[C@@H](C(=O)OCC(=O)Nc1cc([N+](=O)[O-])ccc1OC)c1ccccc1. The molecule has 8 nitrogen and oxygen atoms in total. The van der Waals surface area contributed by atoms with Gasteiger partial charge in [-0.2, -0.15) is 0 Å². The van der Waals surface area contributed by atoms with Crippen LogP contribution in [0.5, 0.6) is 5.75 Å². The zero-order valence-corrected chi connectivity index (χ0v) is 16.6. The standard InChI is InChI=1S/C21H24N2O6/c1-4-14(2)20(15-8-6-5-7-9-15)21(25)29-13-19(24)22-17-12-16(23(26)27)10-11-18(17)28-3/h5-12,14,20H,4,13H2,1-3H3,(H,22,24)/t14-,20-/m1/s1. The number of anilines is 1. The molecule has 0 fully saturated rings. The highest BCUT2D eigenvalue weighted by atomic mass is 16.6.